The highest BCUT2D eigenvalue weighted by Gasteiger charge is 2.31. The fourth-order valence-electron chi connectivity index (χ4n) is 0.918. The number of hydrogen-bond acceptors (Lipinski definition) is 5. The molecule has 0 aliphatic carbocycles. The van der Waals surface area contributed by atoms with Crippen LogP contribution in [0.25, 0.3) is 0 Å². The third kappa shape index (κ3) is 1.65. The van der Waals surface area contributed by atoms with E-state index in [1.54, 1.807) is 0 Å². The molecule has 0 saturated carbocycles. The van der Waals surface area contributed by atoms with Gasteiger partial charge >= 0.3 is 5.69 Å². The van der Waals surface area contributed by atoms with E-state index in [4.69, 9.17) is 10.8 Å². The molecule has 0 spiro atoms. The Kier molecular flexibility index (Phi) is 2.30. The molecule has 0 aliphatic rings. The Labute approximate surface area is 73.7 Å². The predicted octanol–water partition coefficient (Wildman–Crippen LogP) is -0.516. The Morgan fingerprint density at radius 1 is 1.92 bits per heavy atom. The smallest absolute Gasteiger partial charge is 0.311 e. The Hall–Kier alpha value is -1.47. The third-order valence-electron chi connectivity index (χ3n) is 1.72. The maximum absolute atomic E-state index is 10.5. The van der Waals surface area contributed by atoms with Crippen LogP contribution in [0.5, 0.6) is 0 Å². The van der Waals surface area contributed by atoms with Gasteiger partial charge in [0.15, 0.2) is 0 Å². The number of aliphatic hydroxyl groups is 1. The lowest BCUT2D eigenvalue weighted by molar-refractivity contribution is -0.386. The van der Waals surface area contributed by atoms with Gasteiger partial charge in [0.05, 0.1) is 17.1 Å². The summed E-state index contributed by atoms with van der Waals surface area (Å²) in [5.41, 5.74) is 4.34. The summed E-state index contributed by atoms with van der Waals surface area (Å²) in [4.78, 5) is 9.86. The summed E-state index contributed by atoms with van der Waals surface area (Å²) in [5, 5.41) is 25.2. The molecule has 0 amide bonds. The number of nitrogens with one attached hydrogen (secondary N) is 1. The lowest BCUT2D eigenvalue weighted by Gasteiger charge is -2.18. The van der Waals surface area contributed by atoms with Gasteiger partial charge in [0.2, 0.25) is 0 Å². The van der Waals surface area contributed by atoms with Gasteiger partial charge in [0.25, 0.3) is 0 Å². The summed E-state index contributed by atoms with van der Waals surface area (Å²) in [6, 6.07) is 0. The first-order valence-corrected chi connectivity index (χ1v) is 3.57. The Balaban J connectivity index is 3.14. The minimum atomic E-state index is -1.17. The van der Waals surface area contributed by atoms with Crippen molar-refractivity contribution in [3.05, 3.63) is 22.0 Å². The van der Waals surface area contributed by atoms with Crippen LogP contribution in [0.1, 0.15) is 12.6 Å². The van der Waals surface area contributed by atoms with Gasteiger partial charge in [-0.25, -0.2) is 0 Å². The summed E-state index contributed by atoms with van der Waals surface area (Å²) in [6.07, 6.45) is 1.07. The van der Waals surface area contributed by atoms with Gasteiger partial charge in [0, 0.05) is 0 Å². The summed E-state index contributed by atoms with van der Waals surface area (Å²) < 4.78 is 0. The monoisotopic (exact) mass is 186 g/mol. The summed E-state index contributed by atoms with van der Waals surface area (Å²) in [5.74, 6) is 0. The van der Waals surface area contributed by atoms with E-state index in [0.29, 0.717) is 0 Å². The number of aliphatic hydroxyl groups excluding tert-OH is 1. The maximum atomic E-state index is 10.5. The van der Waals surface area contributed by atoms with Gasteiger partial charge in [-0.3, -0.25) is 15.2 Å². The van der Waals surface area contributed by atoms with E-state index < -0.39 is 17.1 Å². The van der Waals surface area contributed by atoms with Crippen molar-refractivity contribution in [2.24, 2.45) is 5.73 Å². The molecule has 0 saturated heterocycles. The number of nitrogens with zero attached hydrogens (tertiary/aromatic N) is 2. The van der Waals surface area contributed by atoms with Crippen molar-refractivity contribution < 1.29 is 10.0 Å². The molecule has 1 unspecified atom stereocenters. The van der Waals surface area contributed by atoms with E-state index in [9.17, 15) is 10.1 Å². The highest BCUT2D eigenvalue weighted by atomic mass is 16.6. The van der Waals surface area contributed by atoms with Crippen molar-refractivity contribution in [1.82, 2.24) is 10.2 Å². The second-order valence-corrected chi connectivity index (χ2v) is 2.96. The number of nitrogens with two attached hydrogens (primary N) is 1. The van der Waals surface area contributed by atoms with Crippen LogP contribution in [-0.2, 0) is 5.54 Å². The van der Waals surface area contributed by atoms with E-state index in [2.05, 4.69) is 10.2 Å². The van der Waals surface area contributed by atoms with Crippen molar-refractivity contribution >= 4 is 5.69 Å². The fourth-order valence-corrected chi connectivity index (χ4v) is 0.918. The Morgan fingerprint density at radius 3 is 3.00 bits per heavy atom. The van der Waals surface area contributed by atoms with Crippen molar-refractivity contribution in [3.8, 4) is 0 Å². The molecule has 7 heteroatoms. The van der Waals surface area contributed by atoms with E-state index in [1.807, 2.05) is 0 Å². The Bertz CT molecular complexity index is 319. The number of rotatable bonds is 3. The van der Waals surface area contributed by atoms with E-state index in [-0.39, 0.29) is 11.4 Å². The van der Waals surface area contributed by atoms with Crippen LogP contribution in [0.4, 0.5) is 5.69 Å². The molecular formula is C6H10N4O3. The molecule has 1 rings (SSSR count). The summed E-state index contributed by atoms with van der Waals surface area (Å²) >= 11 is 0. The van der Waals surface area contributed by atoms with Crippen molar-refractivity contribution in [2.45, 2.75) is 12.5 Å². The number of aromatic amines is 1. The molecule has 0 bridgehead atoms. The molecule has 13 heavy (non-hydrogen) atoms. The molecular weight excluding hydrogens is 176 g/mol. The van der Waals surface area contributed by atoms with Crippen LogP contribution in [0.3, 0.4) is 0 Å². The number of H-pyrrole nitrogens is 1. The van der Waals surface area contributed by atoms with Crippen molar-refractivity contribution in [3.63, 3.8) is 0 Å². The second kappa shape index (κ2) is 3.11. The lowest BCUT2D eigenvalue weighted by Crippen LogP contribution is -2.37. The first-order valence-electron chi connectivity index (χ1n) is 3.57. The normalized spacial score (nSPS) is 15.3. The zero-order valence-electron chi connectivity index (χ0n) is 7.02. The fraction of sp³-hybridized carbons (Fsp3) is 0.500. The van der Waals surface area contributed by atoms with Gasteiger partial charge < -0.3 is 10.8 Å². The SMILES string of the molecule is CC(N)(CO)c1[nH]ncc1[N+](=O)[O-]. The standard InChI is InChI=1S/C6H10N4O3/c1-6(7,3-11)5-4(10(12)13)2-8-9-5/h2,11H,3,7H2,1H3,(H,8,9). The largest absolute Gasteiger partial charge is 0.394 e. The van der Waals surface area contributed by atoms with Crippen LogP contribution in [0, 0.1) is 10.1 Å². The van der Waals surface area contributed by atoms with Crippen LogP contribution in [-0.4, -0.2) is 26.8 Å². The minimum Gasteiger partial charge on any atom is -0.394 e. The molecule has 0 aromatic carbocycles. The quantitative estimate of drug-likeness (QED) is 0.433. The average molecular weight is 186 g/mol. The third-order valence-corrected chi connectivity index (χ3v) is 1.72. The van der Waals surface area contributed by atoms with Crippen molar-refractivity contribution in [2.75, 3.05) is 6.61 Å². The van der Waals surface area contributed by atoms with E-state index >= 15 is 0 Å². The summed E-state index contributed by atoms with van der Waals surface area (Å²) in [7, 11) is 0. The zero-order chi connectivity index (χ0) is 10.1. The van der Waals surface area contributed by atoms with Gasteiger partial charge in [-0.15, -0.1) is 0 Å². The molecule has 0 aliphatic heterocycles. The number of hydrogen-bond donors (Lipinski definition) is 3. The zero-order valence-corrected chi connectivity index (χ0v) is 7.02. The van der Waals surface area contributed by atoms with Crippen LogP contribution in [0.2, 0.25) is 0 Å². The highest BCUT2D eigenvalue weighted by Crippen LogP contribution is 2.24. The minimum absolute atomic E-state index is 0.125. The van der Waals surface area contributed by atoms with Gasteiger partial charge in [-0.05, 0) is 6.92 Å². The maximum Gasteiger partial charge on any atom is 0.311 e. The van der Waals surface area contributed by atoms with Crippen LogP contribution >= 0.6 is 0 Å². The number of aromatic nitrogens is 2. The average Bonchev–Trinajstić information content (AvgIpc) is 2.52. The van der Waals surface area contributed by atoms with Gasteiger partial charge in [0.1, 0.15) is 11.9 Å². The predicted molar refractivity (Wildman–Crippen MR) is 43.9 cm³/mol. The summed E-state index contributed by atoms with van der Waals surface area (Å²) in [6.45, 7) is 1.09. The van der Waals surface area contributed by atoms with Crippen LogP contribution < -0.4 is 5.73 Å². The highest BCUT2D eigenvalue weighted by molar-refractivity contribution is 5.36. The molecule has 4 N–H and O–H groups in total. The van der Waals surface area contributed by atoms with E-state index in [1.165, 1.54) is 6.92 Å². The van der Waals surface area contributed by atoms with Gasteiger partial charge in [-0.2, -0.15) is 5.10 Å². The first-order chi connectivity index (χ1) is 5.99. The topological polar surface area (TPSA) is 118 Å². The Morgan fingerprint density at radius 2 is 2.54 bits per heavy atom. The molecule has 72 valence electrons. The molecule has 1 aromatic rings. The molecule has 1 aromatic heterocycles. The molecule has 1 atom stereocenters. The lowest BCUT2D eigenvalue weighted by atomic mass is 10.00. The first kappa shape index (κ1) is 9.62. The van der Waals surface area contributed by atoms with Crippen molar-refractivity contribution in [1.29, 1.82) is 0 Å². The molecule has 7 nitrogen and oxygen atoms in total. The second-order valence-electron chi connectivity index (χ2n) is 2.96. The molecule has 0 radical (unpaired) electrons. The molecule has 1 heterocycles. The number of nitro groups is 1. The van der Waals surface area contributed by atoms with Gasteiger partial charge in [-0.1, -0.05) is 0 Å². The van der Waals surface area contributed by atoms with Crippen LogP contribution in [0.15, 0.2) is 6.20 Å². The van der Waals surface area contributed by atoms with E-state index in [0.717, 1.165) is 6.20 Å². The molecule has 0 fully saturated rings.